The summed E-state index contributed by atoms with van der Waals surface area (Å²) in [4.78, 5) is 0. The minimum atomic E-state index is -4.34. The van der Waals surface area contributed by atoms with E-state index in [-0.39, 0.29) is 0 Å². The fraction of sp³-hybridized carbons (Fsp3) is 0.111. The van der Waals surface area contributed by atoms with Gasteiger partial charge in [-0.1, -0.05) is 0 Å². The SMILES string of the molecule is OB(O)OC1(F)C(F)=C(F)c2c(F)c(F)c(F)c(F)c21. The van der Waals surface area contributed by atoms with E-state index in [2.05, 4.69) is 4.65 Å². The van der Waals surface area contributed by atoms with E-state index in [0.717, 1.165) is 0 Å². The quantitative estimate of drug-likeness (QED) is 0.380. The third-order valence-electron chi connectivity index (χ3n) is 2.55. The van der Waals surface area contributed by atoms with E-state index >= 15 is 0 Å². The van der Waals surface area contributed by atoms with Crippen molar-refractivity contribution in [2.24, 2.45) is 0 Å². The summed E-state index contributed by atoms with van der Waals surface area (Å²) in [6.45, 7) is 0. The van der Waals surface area contributed by atoms with Gasteiger partial charge in [0.1, 0.15) is 0 Å². The maximum Gasteiger partial charge on any atom is 0.636 e. The van der Waals surface area contributed by atoms with Gasteiger partial charge in [0.15, 0.2) is 29.1 Å². The molecule has 108 valence electrons. The molecular formula is C9H2BF7O3. The number of benzene rings is 1. The molecule has 1 aliphatic carbocycles. The smallest absolute Gasteiger partial charge is 0.402 e. The van der Waals surface area contributed by atoms with Gasteiger partial charge in [0, 0.05) is 0 Å². The van der Waals surface area contributed by atoms with Crippen LogP contribution < -0.4 is 0 Å². The zero-order valence-electron chi connectivity index (χ0n) is 9.03. The maximum absolute atomic E-state index is 14.0. The molecule has 11 heteroatoms. The standard InChI is InChI=1S/C9H2BF7O3/c11-3-1-2(5(13)7(15)6(3)14)9(17,20-10(18)19)8(16)4(1)12/h18-19H. The van der Waals surface area contributed by atoms with Crippen molar-refractivity contribution in [3.8, 4) is 0 Å². The van der Waals surface area contributed by atoms with E-state index < -0.39 is 59.2 Å². The molecule has 0 heterocycles. The highest BCUT2D eigenvalue weighted by molar-refractivity contribution is 6.32. The van der Waals surface area contributed by atoms with Crippen molar-refractivity contribution in [3.05, 3.63) is 40.2 Å². The monoisotopic (exact) mass is 302 g/mol. The van der Waals surface area contributed by atoms with Crippen molar-refractivity contribution in [3.63, 3.8) is 0 Å². The summed E-state index contributed by atoms with van der Waals surface area (Å²) in [6, 6.07) is 0. The summed E-state index contributed by atoms with van der Waals surface area (Å²) in [5.41, 5.74) is -3.88. The topological polar surface area (TPSA) is 49.7 Å². The van der Waals surface area contributed by atoms with Crippen LogP contribution in [0.3, 0.4) is 0 Å². The lowest BCUT2D eigenvalue weighted by Gasteiger charge is -2.21. The van der Waals surface area contributed by atoms with Crippen LogP contribution in [0.1, 0.15) is 11.1 Å². The largest absolute Gasteiger partial charge is 0.636 e. The number of alkyl halides is 1. The fourth-order valence-corrected chi connectivity index (χ4v) is 1.76. The second kappa shape index (κ2) is 4.47. The number of fused-ring (bicyclic) bond motifs is 1. The lowest BCUT2D eigenvalue weighted by Crippen LogP contribution is -2.33. The molecule has 1 atom stereocenters. The maximum atomic E-state index is 14.0. The van der Waals surface area contributed by atoms with Crippen LogP contribution >= 0.6 is 0 Å². The Morgan fingerprint density at radius 2 is 1.35 bits per heavy atom. The molecule has 0 amide bonds. The van der Waals surface area contributed by atoms with Crippen molar-refractivity contribution < 1.29 is 45.4 Å². The van der Waals surface area contributed by atoms with Crippen LogP contribution in [0.25, 0.3) is 5.83 Å². The first-order valence-electron chi connectivity index (χ1n) is 4.78. The molecule has 3 nitrogen and oxygen atoms in total. The number of rotatable bonds is 2. The minimum absolute atomic E-state index is 1.87. The van der Waals surface area contributed by atoms with E-state index in [4.69, 9.17) is 10.0 Å². The highest BCUT2D eigenvalue weighted by Gasteiger charge is 2.55. The van der Waals surface area contributed by atoms with Gasteiger partial charge in [-0.15, -0.1) is 0 Å². The van der Waals surface area contributed by atoms with Crippen molar-refractivity contribution in [2.75, 3.05) is 0 Å². The van der Waals surface area contributed by atoms with Crippen molar-refractivity contribution >= 4 is 13.1 Å². The van der Waals surface area contributed by atoms with Crippen LogP contribution in [0.2, 0.25) is 0 Å². The van der Waals surface area contributed by atoms with Crippen LogP contribution in [0, 0.1) is 23.3 Å². The molecule has 0 spiro atoms. The summed E-state index contributed by atoms with van der Waals surface area (Å²) in [5, 5.41) is 16.8. The van der Waals surface area contributed by atoms with Crippen LogP contribution in [0.4, 0.5) is 30.7 Å². The lowest BCUT2D eigenvalue weighted by molar-refractivity contribution is -0.0810. The Labute approximate surface area is 106 Å². The molecule has 0 fully saturated rings. The van der Waals surface area contributed by atoms with Gasteiger partial charge in [-0.2, -0.15) is 4.39 Å². The molecule has 0 saturated carbocycles. The minimum Gasteiger partial charge on any atom is -0.402 e. The molecule has 0 bridgehead atoms. The fourth-order valence-electron chi connectivity index (χ4n) is 1.76. The number of hydrogen-bond donors (Lipinski definition) is 2. The molecule has 2 N–H and O–H groups in total. The highest BCUT2D eigenvalue weighted by Crippen LogP contribution is 2.52. The first-order valence-corrected chi connectivity index (χ1v) is 4.78. The van der Waals surface area contributed by atoms with Gasteiger partial charge in [-0.3, -0.25) is 0 Å². The summed E-state index contributed by atoms with van der Waals surface area (Å²) in [5.74, 6) is -19.2. The van der Waals surface area contributed by atoms with Crippen LogP contribution in [0.5, 0.6) is 0 Å². The van der Waals surface area contributed by atoms with Crippen LogP contribution in [-0.2, 0) is 10.5 Å². The van der Waals surface area contributed by atoms with Gasteiger partial charge < -0.3 is 14.7 Å². The predicted octanol–water partition coefficient (Wildman–Crippen LogP) is 1.97. The van der Waals surface area contributed by atoms with Crippen LogP contribution in [-0.4, -0.2) is 17.4 Å². The molecule has 0 aliphatic heterocycles. The third kappa shape index (κ3) is 1.73. The first kappa shape index (κ1) is 14.8. The molecule has 0 radical (unpaired) electrons. The van der Waals surface area contributed by atoms with Gasteiger partial charge in [-0.05, 0) is 0 Å². The Bertz CT molecular complexity index is 633. The summed E-state index contributed by atoms with van der Waals surface area (Å²) in [7, 11) is -3.07. The van der Waals surface area contributed by atoms with Gasteiger partial charge in [-0.25, -0.2) is 26.3 Å². The van der Waals surface area contributed by atoms with Gasteiger partial charge in [0.2, 0.25) is 5.83 Å². The molecule has 2 rings (SSSR count). The first-order chi connectivity index (χ1) is 9.12. The van der Waals surface area contributed by atoms with E-state index in [1.165, 1.54) is 0 Å². The van der Waals surface area contributed by atoms with E-state index in [0.29, 0.717) is 0 Å². The second-order valence-electron chi connectivity index (χ2n) is 3.67. The molecule has 0 saturated heterocycles. The zero-order valence-corrected chi connectivity index (χ0v) is 9.03. The molecule has 1 aromatic carbocycles. The van der Waals surface area contributed by atoms with Crippen molar-refractivity contribution in [1.29, 1.82) is 0 Å². The Morgan fingerprint density at radius 1 is 0.850 bits per heavy atom. The Morgan fingerprint density at radius 3 is 1.85 bits per heavy atom. The summed E-state index contributed by atoms with van der Waals surface area (Å²) in [6.07, 6.45) is 0. The van der Waals surface area contributed by atoms with Gasteiger partial charge in [0.05, 0.1) is 11.1 Å². The molecule has 1 aliphatic rings. The number of hydrogen-bond acceptors (Lipinski definition) is 3. The van der Waals surface area contributed by atoms with Crippen molar-refractivity contribution in [2.45, 2.75) is 5.85 Å². The van der Waals surface area contributed by atoms with E-state index in [1.54, 1.807) is 0 Å². The van der Waals surface area contributed by atoms with Gasteiger partial charge >= 0.3 is 7.32 Å². The molecule has 0 aromatic heterocycles. The van der Waals surface area contributed by atoms with Crippen LogP contribution in [0.15, 0.2) is 5.83 Å². The summed E-state index contributed by atoms with van der Waals surface area (Å²) >= 11 is 0. The Hall–Kier alpha value is -1.59. The average molecular weight is 302 g/mol. The Balaban J connectivity index is 2.85. The third-order valence-corrected chi connectivity index (χ3v) is 2.55. The van der Waals surface area contributed by atoms with E-state index in [9.17, 15) is 30.7 Å². The number of halogens is 7. The highest BCUT2D eigenvalue weighted by atomic mass is 19.2. The van der Waals surface area contributed by atoms with E-state index in [1.807, 2.05) is 0 Å². The molecule has 20 heavy (non-hydrogen) atoms. The normalized spacial score (nSPS) is 21.4. The second-order valence-corrected chi connectivity index (χ2v) is 3.67. The lowest BCUT2D eigenvalue weighted by atomic mass is 10.0. The summed E-state index contributed by atoms with van der Waals surface area (Å²) < 4.78 is 96.8. The zero-order chi connectivity index (χ0) is 15.4. The molecular weight excluding hydrogens is 300 g/mol. The molecule has 1 unspecified atom stereocenters. The average Bonchev–Trinajstić information content (AvgIpc) is 2.54. The van der Waals surface area contributed by atoms with Crippen molar-refractivity contribution in [1.82, 2.24) is 0 Å². The predicted molar refractivity (Wildman–Crippen MR) is 49.5 cm³/mol. The molecule has 1 aromatic rings. The Kier molecular flexibility index (Phi) is 3.31. The van der Waals surface area contributed by atoms with Gasteiger partial charge in [0.25, 0.3) is 5.85 Å².